The van der Waals surface area contributed by atoms with Crippen LogP contribution < -0.4 is 9.47 Å². The number of ether oxygens (including phenoxy) is 2. The van der Waals surface area contributed by atoms with E-state index in [1.54, 1.807) is 12.1 Å². The molecule has 2 aromatic rings. The third-order valence-electron chi connectivity index (χ3n) is 3.25. The molecule has 0 heterocycles. The van der Waals surface area contributed by atoms with E-state index in [-0.39, 0.29) is 35.1 Å². The molecule has 26 heavy (non-hydrogen) atoms. The molecule has 2 aromatic carbocycles. The van der Waals surface area contributed by atoms with E-state index in [0.29, 0.717) is 15.8 Å². The average molecular weight is 436 g/mol. The van der Waals surface area contributed by atoms with E-state index in [9.17, 15) is 9.59 Å². The monoisotopic (exact) mass is 434 g/mol. The van der Waals surface area contributed by atoms with Crippen molar-refractivity contribution in [3.63, 3.8) is 0 Å². The highest BCUT2D eigenvalue weighted by Gasteiger charge is 2.15. The fourth-order valence-corrected chi connectivity index (χ4v) is 3.08. The fourth-order valence-electron chi connectivity index (χ4n) is 2.03. The summed E-state index contributed by atoms with van der Waals surface area (Å²) in [5.41, 5.74) is 0.914. The summed E-state index contributed by atoms with van der Waals surface area (Å²) in [6.45, 7) is 1.86. The van der Waals surface area contributed by atoms with E-state index in [4.69, 9.17) is 55.9 Å². The highest BCUT2D eigenvalue weighted by molar-refractivity contribution is 6.40. The predicted molar refractivity (Wildman–Crippen MR) is 103 cm³/mol. The second kappa shape index (κ2) is 9.47. The fraction of sp³-hybridized carbons (Fsp3) is 0.222. The topological polar surface area (TPSA) is 52.6 Å². The maximum Gasteiger partial charge on any atom is 0.311 e. The summed E-state index contributed by atoms with van der Waals surface area (Å²) < 4.78 is 10.3. The third kappa shape index (κ3) is 6.06. The summed E-state index contributed by atoms with van der Waals surface area (Å²) in [4.78, 5) is 23.8. The zero-order valence-electron chi connectivity index (χ0n) is 13.7. The van der Waals surface area contributed by atoms with Gasteiger partial charge in [0.05, 0.1) is 15.1 Å². The third-order valence-corrected chi connectivity index (χ3v) is 4.34. The van der Waals surface area contributed by atoms with Gasteiger partial charge in [0.1, 0.15) is 5.75 Å². The standard InChI is InChI=1S/C18H14Cl4O4/c1-10-5-6-12(20)15(7-10)25-16(23)3-2-4-17(24)26-18-13(21)8-11(19)9-14(18)22/h5-9H,2-4H2,1H3. The van der Waals surface area contributed by atoms with Crippen LogP contribution in [0.25, 0.3) is 0 Å². The first kappa shape index (κ1) is 20.8. The summed E-state index contributed by atoms with van der Waals surface area (Å²) in [7, 11) is 0. The Kier molecular flexibility index (Phi) is 7.59. The maximum atomic E-state index is 11.9. The molecule has 0 amide bonds. The highest BCUT2D eigenvalue weighted by atomic mass is 35.5. The lowest BCUT2D eigenvalue weighted by atomic mass is 10.2. The van der Waals surface area contributed by atoms with Crippen molar-refractivity contribution in [2.24, 2.45) is 0 Å². The molecule has 0 saturated carbocycles. The number of carbonyl (C=O) groups is 2. The molecular weight excluding hydrogens is 422 g/mol. The van der Waals surface area contributed by atoms with Gasteiger partial charge in [0.15, 0.2) is 5.75 Å². The van der Waals surface area contributed by atoms with Crippen LogP contribution in [0.15, 0.2) is 30.3 Å². The van der Waals surface area contributed by atoms with Crippen LogP contribution in [0, 0.1) is 6.92 Å². The second-order valence-electron chi connectivity index (χ2n) is 5.43. The number of benzene rings is 2. The lowest BCUT2D eigenvalue weighted by Crippen LogP contribution is -2.12. The Bertz CT molecular complexity index is 813. The smallest absolute Gasteiger partial charge is 0.311 e. The van der Waals surface area contributed by atoms with Gasteiger partial charge in [-0.2, -0.15) is 0 Å². The molecule has 2 rings (SSSR count). The quantitative estimate of drug-likeness (QED) is 0.395. The molecular formula is C18H14Cl4O4. The molecule has 0 aromatic heterocycles. The number of hydrogen-bond donors (Lipinski definition) is 0. The van der Waals surface area contributed by atoms with Crippen molar-refractivity contribution >= 4 is 58.3 Å². The van der Waals surface area contributed by atoms with Crippen LogP contribution in [0.1, 0.15) is 24.8 Å². The van der Waals surface area contributed by atoms with Crippen molar-refractivity contribution < 1.29 is 19.1 Å². The minimum absolute atomic E-state index is 0.00800. The molecule has 0 radical (unpaired) electrons. The minimum Gasteiger partial charge on any atom is -0.425 e. The first-order chi connectivity index (χ1) is 12.3. The van der Waals surface area contributed by atoms with E-state index in [2.05, 4.69) is 0 Å². The normalized spacial score (nSPS) is 10.5. The Hall–Kier alpha value is -1.46. The van der Waals surface area contributed by atoms with Gasteiger partial charge in [-0.15, -0.1) is 0 Å². The van der Waals surface area contributed by atoms with Gasteiger partial charge in [0.25, 0.3) is 0 Å². The number of halogens is 4. The van der Waals surface area contributed by atoms with Crippen molar-refractivity contribution in [3.8, 4) is 11.5 Å². The molecule has 4 nitrogen and oxygen atoms in total. The van der Waals surface area contributed by atoms with Crippen molar-refractivity contribution in [2.45, 2.75) is 26.2 Å². The molecule has 0 atom stereocenters. The molecule has 0 aliphatic heterocycles. The van der Waals surface area contributed by atoms with Crippen LogP contribution in [0.4, 0.5) is 0 Å². The number of aryl methyl sites for hydroxylation is 1. The van der Waals surface area contributed by atoms with Crippen molar-refractivity contribution in [1.29, 1.82) is 0 Å². The molecule has 0 N–H and O–H groups in total. The predicted octanol–water partition coefficient (Wildman–Crippen LogP) is 6.29. The molecule has 0 unspecified atom stereocenters. The number of esters is 2. The lowest BCUT2D eigenvalue weighted by molar-refractivity contribution is -0.136. The Labute approximate surface area is 170 Å². The van der Waals surface area contributed by atoms with Crippen molar-refractivity contribution in [1.82, 2.24) is 0 Å². The van der Waals surface area contributed by atoms with Gasteiger partial charge in [-0.05, 0) is 43.2 Å². The van der Waals surface area contributed by atoms with Gasteiger partial charge in [-0.1, -0.05) is 52.5 Å². The number of rotatable bonds is 6. The Morgan fingerprint density at radius 1 is 0.846 bits per heavy atom. The first-order valence-corrected chi connectivity index (χ1v) is 9.09. The lowest BCUT2D eigenvalue weighted by Gasteiger charge is -2.09. The Morgan fingerprint density at radius 3 is 2.04 bits per heavy atom. The molecule has 0 spiro atoms. The number of carbonyl (C=O) groups excluding carboxylic acids is 2. The van der Waals surface area contributed by atoms with Crippen molar-refractivity contribution in [2.75, 3.05) is 0 Å². The molecule has 0 fully saturated rings. The van der Waals surface area contributed by atoms with Gasteiger partial charge in [-0.3, -0.25) is 9.59 Å². The maximum absolute atomic E-state index is 11.9. The summed E-state index contributed by atoms with van der Waals surface area (Å²) in [5, 5.41) is 0.932. The van der Waals surface area contributed by atoms with Gasteiger partial charge in [0, 0.05) is 17.9 Å². The molecule has 138 valence electrons. The summed E-state index contributed by atoms with van der Waals surface area (Å²) >= 11 is 23.7. The average Bonchev–Trinajstić information content (AvgIpc) is 2.54. The summed E-state index contributed by atoms with van der Waals surface area (Å²) in [6.07, 6.45) is 0.261. The second-order valence-corrected chi connectivity index (χ2v) is 7.09. The Balaban J connectivity index is 1.83. The molecule has 0 aliphatic rings. The molecule has 8 heteroatoms. The van der Waals surface area contributed by atoms with Crippen LogP contribution in [-0.2, 0) is 9.59 Å². The molecule has 0 saturated heterocycles. The van der Waals surface area contributed by atoms with E-state index in [1.165, 1.54) is 12.1 Å². The summed E-state index contributed by atoms with van der Waals surface area (Å²) in [5.74, 6) is -0.735. The van der Waals surface area contributed by atoms with E-state index in [1.807, 2.05) is 13.0 Å². The van der Waals surface area contributed by atoms with Gasteiger partial charge < -0.3 is 9.47 Å². The zero-order chi connectivity index (χ0) is 19.3. The van der Waals surface area contributed by atoms with E-state index < -0.39 is 11.9 Å². The highest BCUT2D eigenvalue weighted by Crippen LogP contribution is 2.36. The zero-order valence-corrected chi connectivity index (χ0v) is 16.7. The van der Waals surface area contributed by atoms with Crippen LogP contribution in [0.3, 0.4) is 0 Å². The molecule has 0 bridgehead atoms. The van der Waals surface area contributed by atoms with Crippen LogP contribution in [-0.4, -0.2) is 11.9 Å². The Morgan fingerprint density at radius 2 is 1.42 bits per heavy atom. The van der Waals surface area contributed by atoms with Crippen molar-refractivity contribution in [3.05, 3.63) is 56.0 Å². The van der Waals surface area contributed by atoms with Gasteiger partial charge >= 0.3 is 11.9 Å². The van der Waals surface area contributed by atoms with Gasteiger partial charge in [0.2, 0.25) is 0 Å². The van der Waals surface area contributed by atoms with E-state index in [0.717, 1.165) is 5.56 Å². The van der Waals surface area contributed by atoms with Crippen LogP contribution >= 0.6 is 46.4 Å². The van der Waals surface area contributed by atoms with E-state index >= 15 is 0 Å². The van der Waals surface area contributed by atoms with Gasteiger partial charge in [-0.25, -0.2) is 0 Å². The summed E-state index contributed by atoms with van der Waals surface area (Å²) in [6, 6.07) is 7.96. The number of hydrogen-bond acceptors (Lipinski definition) is 4. The first-order valence-electron chi connectivity index (χ1n) is 7.58. The van der Waals surface area contributed by atoms with Crippen LogP contribution in [0.5, 0.6) is 11.5 Å². The minimum atomic E-state index is -0.572. The van der Waals surface area contributed by atoms with Crippen LogP contribution in [0.2, 0.25) is 20.1 Å². The SMILES string of the molecule is Cc1ccc(Cl)c(OC(=O)CCCC(=O)Oc2c(Cl)cc(Cl)cc2Cl)c1. The largest absolute Gasteiger partial charge is 0.425 e. The molecule has 0 aliphatic carbocycles.